The molecule has 4 heterocycles. The van der Waals surface area contributed by atoms with Crippen molar-refractivity contribution < 1.29 is 4.74 Å². The fourth-order valence-electron chi connectivity index (χ4n) is 2.47. The zero-order valence-electron chi connectivity index (χ0n) is 12.7. The van der Waals surface area contributed by atoms with Gasteiger partial charge in [-0.2, -0.15) is 4.91 Å². The molecule has 0 radical (unpaired) electrons. The van der Waals surface area contributed by atoms with Crippen molar-refractivity contribution >= 4 is 11.3 Å². The zero-order chi connectivity index (χ0) is 16.5. The van der Waals surface area contributed by atoms with Crippen LogP contribution in [0.15, 0.2) is 29.7 Å². The van der Waals surface area contributed by atoms with Crippen LogP contribution in [0.5, 0.6) is 5.88 Å². The highest BCUT2D eigenvalue weighted by atomic mass is 32.1. The van der Waals surface area contributed by atoms with Crippen LogP contribution in [-0.4, -0.2) is 31.8 Å². The van der Waals surface area contributed by atoms with E-state index in [0.717, 1.165) is 21.1 Å². The maximum absolute atomic E-state index is 11.0. The highest BCUT2D eigenvalue weighted by Gasteiger charge is 2.27. The Kier molecular flexibility index (Phi) is 3.69. The Bertz CT molecular complexity index is 898. The van der Waals surface area contributed by atoms with Crippen LogP contribution in [-0.2, 0) is 0 Å². The maximum atomic E-state index is 11.0. The molecule has 0 spiro atoms. The van der Waals surface area contributed by atoms with E-state index in [2.05, 4.69) is 30.3 Å². The van der Waals surface area contributed by atoms with Gasteiger partial charge in [-0.05, 0) is 19.1 Å². The summed E-state index contributed by atoms with van der Waals surface area (Å²) in [5, 5.41) is 12.1. The van der Waals surface area contributed by atoms with Gasteiger partial charge in [-0.1, -0.05) is 5.18 Å². The van der Waals surface area contributed by atoms with Gasteiger partial charge in [0.15, 0.2) is 5.82 Å². The number of thiazole rings is 1. The van der Waals surface area contributed by atoms with Crippen LogP contribution in [0.1, 0.15) is 23.9 Å². The molecule has 0 N–H and O–H groups in total. The van der Waals surface area contributed by atoms with Crippen LogP contribution in [0, 0.1) is 11.8 Å². The number of pyridine rings is 1. The lowest BCUT2D eigenvalue weighted by Crippen LogP contribution is -2.16. The van der Waals surface area contributed by atoms with Crippen LogP contribution < -0.4 is 4.74 Å². The van der Waals surface area contributed by atoms with E-state index < -0.39 is 6.04 Å². The molecule has 1 unspecified atom stereocenters. The Labute approximate surface area is 141 Å². The van der Waals surface area contributed by atoms with Gasteiger partial charge in [0.1, 0.15) is 16.7 Å². The van der Waals surface area contributed by atoms with Gasteiger partial charge in [0, 0.05) is 24.4 Å². The van der Waals surface area contributed by atoms with Crippen molar-refractivity contribution in [3.8, 4) is 27.2 Å². The molecule has 1 aliphatic rings. The van der Waals surface area contributed by atoms with Gasteiger partial charge >= 0.3 is 0 Å². The molecule has 0 saturated heterocycles. The molecule has 0 saturated carbocycles. The summed E-state index contributed by atoms with van der Waals surface area (Å²) in [4.78, 5) is 25.0. The number of aryl methyl sites for hydroxylation is 1. The molecule has 0 aromatic carbocycles. The molecule has 0 amide bonds. The van der Waals surface area contributed by atoms with E-state index in [-0.39, 0.29) is 5.88 Å². The van der Waals surface area contributed by atoms with Crippen molar-refractivity contribution in [3.05, 3.63) is 40.8 Å². The Hall–Kier alpha value is -2.81. The molecule has 9 heteroatoms. The molecule has 3 aromatic rings. The summed E-state index contributed by atoms with van der Waals surface area (Å²) >= 11 is 1.46. The number of hydrogen-bond donors (Lipinski definition) is 0. The lowest BCUT2D eigenvalue weighted by molar-refractivity contribution is 0.249. The first-order valence-electron chi connectivity index (χ1n) is 7.34. The smallest absolute Gasteiger partial charge is 0.257 e. The van der Waals surface area contributed by atoms with Gasteiger partial charge in [0.05, 0.1) is 17.2 Å². The standard InChI is InChI=1S/C15H12N6O2S/c1-8-12(24-15(17-8)9-3-2-5-16-7-9)13-18-11-10(21-22)4-6-23-14(11)20-19-13/h2-3,5,7,10H,4,6H2,1H3. The average Bonchev–Trinajstić information content (AvgIpc) is 3.03. The Morgan fingerprint density at radius 3 is 3.04 bits per heavy atom. The molecular formula is C15H12N6O2S. The predicted molar refractivity (Wildman–Crippen MR) is 87.6 cm³/mol. The van der Waals surface area contributed by atoms with Crippen molar-refractivity contribution in [2.45, 2.75) is 19.4 Å². The van der Waals surface area contributed by atoms with Crippen LogP contribution in [0.2, 0.25) is 0 Å². The monoisotopic (exact) mass is 340 g/mol. The molecule has 0 fully saturated rings. The summed E-state index contributed by atoms with van der Waals surface area (Å²) in [7, 11) is 0. The summed E-state index contributed by atoms with van der Waals surface area (Å²) in [5.74, 6) is 0.710. The largest absolute Gasteiger partial charge is 0.475 e. The van der Waals surface area contributed by atoms with Gasteiger partial charge < -0.3 is 4.74 Å². The quantitative estimate of drug-likeness (QED) is 0.675. The Balaban J connectivity index is 1.77. The van der Waals surface area contributed by atoms with Gasteiger partial charge in [0.25, 0.3) is 5.88 Å². The van der Waals surface area contributed by atoms with E-state index in [9.17, 15) is 4.91 Å². The summed E-state index contributed by atoms with van der Waals surface area (Å²) < 4.78 is 5.40. The Morgan fingerprint density at radius 1 is 1.33 bits per heavy atom. The molecule has 1 aliphatic heterocycles. The van der Waals surface area contributed by atoms with Crippen molar-refractivity contribution in [1.82, 2.24) is 25.1 Å². The molecule has 0 aliphatic carbocycles. The van der Waals surface area contributed by atoms with E-state index in [1.807, 2.05) is 19.1 Å². The molecular weight excluding hydrogens is 328 g/mol. The lowest BCUT2D eigenvalue weighted by Gasteiger charge is -2.18. The summed E-state index contributed by atoms with van der Waals surface area (Å²) in [6, 6.07) is 3.26. The number of nitrogens with zero attached hydrogens (tertiary/aromatic N) is 6. The second-order valence-electron chi connectivity index (χ2n) is 5.26. The number of aromatic nitrogens is 5. The van der Waals surface area contributed by atoms with Crippen LogP contribution >= 0.6 is 11.3 Å². The molecule has 1 atom stereocenters. The fourth-order valence-corrected chi connectivity index (χ4v) is 3.45. The Morgan fingerprint density at radius 2 is 2.25 bits per heavy atom. The van der Waals surface area contributed by atoms with E-state index in [0.29, 0.717) is 24.5 Å². The predicted octanol–water partition coefficient (Wildman–Crippen LogP) is 2.96. The first-order valence-corrected chi connectivity index (χ1v) is 8.16. The summed E-state index contributed by atoms with van der Waals surface area (Å²) in [6.45, 7) is 2.28. The second-order valence-corrected chi connectivity index (χ2v) is 6.26. The van der Waals surface area contributed by atoms with Crippen LogP contribution in [0.4, 0.5) is 0 Å². The summed E-state index contributed by atoms with van der Waals surface area (Å²) in [6.07, 6.45) is 3.97. The van der Waals surface area contributed by atoms with Gasteiger partial charge in [-0.3, -0.25) is 4.98 Å². The van der Waals surface area contributed by atoms with Crippen molar-refractivity contribution in [1.29, 1.82) is 0 Å². The first-order chi connectivity index (χ1) is 11.8. The molecule has 4 rings (SSSR count). The maximum Gasteiger partial charge on any atom is 0.257 e. The van der Waals surface area contributed by atoms with Crippen LogP contribution in [0.25, 0.3) is 21.3 Å². The van der Waals surface area contributed by atoms with E-state index in [1.165, 1.54) is 11.3 Å². The van der Waals surface area contributed by atoms with E-state index in [1.54, 1.807) is 12.4 Å². The number of fused-ring (bicyclic) bond motifs is 1. The lowest BCUT2D eigenvalue weighted by atomic mass is 10.1. The zero-order valence-corrected chi connectivity index (χ0v) is 13.5. The average molecular weight is 340 g/mol. The highest BCUT2D eigenvalue weighted by Crippen LogP contribution is 2.36. The van der Waals surface area contributed by atoms with Crippen molar-refractivity contribution in [2.75, 3.05) is 6.61 Å². The number of nitroso groups, excluding NO2 is 1. The third kappa shape index (κ3) is 2.52. The first kappa shape index (κ1) is 14.8. The molecule has 0 bridgehead atoms. The molecule has 24 heavy (non-hydrogen) atoms. The van der Waals surface area contributed by atoms with Gasteiger partial charge in [0.2, 0.25) is 0 Å². The number of ether oxygens (including phenoxy) is 1. The second kappa shape index (κ2) is 6.00. The third-order valence-corrected chi connectivity index (χ3v) is 4.86. The van der Waals surface area contributed by atoms with Gasteiger partial charge in [-0.25, -0.2) is 9.97 Å². The van der Waals surface area contributed by atoms with Crippen molar-refractivity contribution in [3.63, 3.8) is 0 Å². The van der Waals surface area contributed by atoms with Crippen molar-refractivity contribution in [2.24, 2.45) is 5.18 Å². The number of rotatable bonds is 3. The topological polar surface area (TPSA) is 103 Å². The molecule has 3 aromatic heterocycles. The molecule has 120 valence electrons. The normalized spacial score (nSPS) is 16.3. The summed E-state index contributed by atoms with van der Waals surface area (Å²) in [5.41, 5.74) is 2.17. The third-order valence-electron chi connectivity index (χ3n) is 3.66. The van der Waals surface area contributed by atoms with Gasteiger partial charge in [-0.15, -0.1) is 21.5 Å². The molecule has 8 nitrogen and oxygen atoms in total. The minimum absolute atomic E-state index is 0.282. The number of hydrogen-bond acceptors (Lipinski definition) is 9. The fraction of sp³-hybridized carbons (Fsp3) is 0.267. The van der Waals surface area contributed by atoms with E-state index in [4.69, 9.17) is 4.74 Å². The minimum Gasteiger partial charge on any atom is -0.475 e. The minimum atomic E-state index is -0.547. The highest BCUT2D eigenvalue weighted by molar-refractivity contribution is 7.18. The van der Waals surface area contributed by atoms with E-state index >= 15 is 0 Å². The SMILES string of the molecule is Cc1nc(-c2cccnc2)sc1-c1nnc2c(n1)C(N=O)CCO2. The van der Waals surface area contributed by atoms with Crippen LogP contribution in [0.3, 0.4) is 0 Å².